The van der Waals surface area contributed by atoms with Crippen LogP contribution in [-0.4, -0.2) is 12.4 Å². The van der Waals surface area contributed by atoms with Crippen LogP contribution in [0.4, 0.5) is 0 Å². The van der Waals surface area contributed by atoms with Gasteiger partial charge in [-0.15, -0.1) is 0 Å². The van der Waals surface area contributed by atoms with E-state index in [1.807, 2.05) is 30.3 Å². The highest BCUT2D eigenvalue weighted by Crippen LogP contribution is 2.37. The van der Waals surface area contributed by atoms with Crippen molar-refractivity contribution in [3.8, 4) is 5.69 Å². The molecule has 0 atom stereocenters. The predicted molar refractivity (Wildman–Crippen MR) is 113 cm³/mol. The van der Waals surface area contributed by atoms with E-state index >= 15 is 0 Å². The first kappa shape index (κ1) is 14.7. The minimum atomic E-state index is 0.708. The van der Waals surface area contributed by atoms with E-state index in [-0.39, 0.29) is 0 Å². The predicted octanol–water partition coefficient (Wildman–Crippen LogP) is 5.48. The van der Waals surface area contributed by atoms with Gasteiger partial charge in [0.2, 0.25) is 0 Å². The minimum Gasteiger partial charge on any atom is -0.456 e. The molecule has 0 spiro atoms. The average Bonchev–Trinajstić information content (AvgIpc) is 3.23. The maximum absolute atomic E-state index is 6.10. The van der Waals surface area contributed by atoms with Gasteiger partial charge >= 0.3 is 0 Å². The van der Waals surface area contributed by atoms with Gasteiger partial charge in [0.15, 0.2) is 0 Å². The maximum Gasteiger partial charge on any atom is 0.137 e. The monoisotopic (exact) mass is 343 g/mol. The Bertz CT molecular complexity index is 1440. The molecule has 0 saturated heterocycles. The summed E-state index contributed by atoms with van der Waals surface area (Å²) in [5.41, 5.74) is 5.90. The summed E-state index contributed by atoms with van der Waals surface area (Å²) >= 11 is 0. The lowest BCUT2D eigenvalue weighted by Gasteiger charge is -2.09. The lowest BCUT2D eigenvalue weighted by Crippen LogP contribution is -1.99. The van der Waals surface area contributed by atoms with Crippen molar-refractivity contribution in [3.05, 3.63) is 84.9 Å². The Morgan fingerprint density at radius 3 is 2.07 bits per heavy atom. The number of hydrogen-bond donors (Lipinski definition) is 0. The van der Waals surface area contributed by atoms with Crippen LogP contribution in [0.25, 0.3) is 49.4 Å². The highest BCUT2D eigenvalue weighted by molar-refractivity contribution is 6.33. The molecule has 0 fully saturated rings. The van der Waals surface area contributed by atoms with E-state index in [9.17, 15) is 0 Å². The van der Waals surface area contributed by atoms with E-state index in [1.165, 1.54) is 21.8 Å². The second kappa shape index (κ2) is 5.27. The number of aromatic nitrogens is 1. The Balaban J connectivity index is 1.85. The second-order valence-electron chi connectivity index (χ2n) is 6.88. The molecule has 0 N–H and O–H groups in total. The van der Waals surface area contributed by atoms with Gasteiger partial charge in [-0.2, -0.15) is 0 Å². The van der Waals surface area contributed by atoms with Crippen molar-refractivity contribution >= 4 is 57.1 Å². The van der Waals surface area contributed by atoms with E-state index in [4.69, 9.17) is 12.3 Å². The Hall–Kier alpha value is -3.46. The normalized spacial score (nSPS) is 11.9. The van der Waals surface area contributed by atoms with Crippen molar-refractivity contribution in [2.75, 3.05) is 0 Å². The van der Waals surface area contributed by atoms with Gasteiger partial charge in [0.05, 0.1) is 22.1 Å². The number of benzene rings is 4. The molecule has 2 aromatic heterocycles. The Morgan fingerprint density at radius 2 is 1.33 bits per heavy atom. The molecule has 2 radical (unpaired) electrons. The number of fused-ring (bicyclic) bond motifs is 6. The summed E-state index contributed by atoms with van der Waals surface area (Å²) in [6.45, 7) is 0. The molecule has 0 bridgehead atoms. The minimum absolute atomic E-state index is 0.708. The quantitative estimate of drug-likeness (QED) is 0.362. The van der Waals surface area contributed by atoms with Gasteiger partial charge in [-0.1, -0.05) is 60.1 Å². The van der Waals surface area contributed by atoms with Crippen LogP contribution in [0, 0.1) is 0 Å². The molecular formula is C24H14BNO. The Kier molecular flexibility index (Phi) is 2.87. The molecule has 0 aliphatic carbocycles. The van der Waals surface area contributed by atoms with E-state index in [0.29, 0.717) is 5.46 Å². The highest BCUT2D eigenvalue weighted by atomic mass is 16.3. The lowest BCUT2D eigenvalue weighted by atomic mass is 9.95. The summed E-state index contributed by atoms with van der Waals surface area (Å²) in [6.07, 6.45) is 0. The molecule has 0 aliphatic heterocycles. The van der Waals surface area contributed by atoms with Crippen molar-refractivity contribution in [3.63, 3.8) is 0 Å². The standard InChI is InChI=1S/C24H14BNO/c25-15-12-13-18-23(14-15)27-22-11-5-10-21(24(18)22)26-19-8-3-1-6-16(19)17-7-2-4-9-20(17)26/h1-14H. The van der Waals surface area contributed by atoms with Crippen LogP contribution in [0.2, 0.25) is 0 Å². The number of para-hydroxylation sites is 2. The van der Waals surface area contributed by atoms with E-state index in [2.05, 4.69) is 59.2 Å². The second-order valence-corrected chi connectivity index (χ2v) is 6.88. The van der Waals surface area contributed by atoms with Crippen LogP contribution in [-0.2, 0) is 0 Å². The van der Waals surface area contributed by atoms with Gasteiger partial charge in [-0.05, 0) is 30.3 Å². The summed E-state index contributed by atoms with van der Waals surface area (Å²) < 4.78 is 8.43. The Morgan fingerprint density at radius 1 is 0.630 bits per heavy atom. The third-order valence-corrected chi connectivity index (χ3v) is 5.32. The summed E-state index contributed by atoms with van der Waals surface area (Å²) in [6, 6.07) is 29.2. The van der Waals surface area contributed by atoms with Crippen molar-refractivity contribution in [1.82, 2.24) is 4.57 Å². The molecule has 0 aliphatic rings. The van der Waals surface area contributed by atoms with Crippen LogP contribution in [0.15, 0.2) is 89.3 Å². The van der Waals surface area contributed by atoms with Crippen LogP contribution < -0.4 is 5.46 Å². The Labute approximate surface area is 157 Å². The van der Waals surface area contributed by atoms with Crippen LogP contribution in [0.3, 0.4) is 0 Å². The van der Waals surface area contributed by atoms with Crippen molar-refractivity contribution in [1.29, 1.82) is 0 Å². The van der Waals surface area contributed by atoms with Gasteiger partial charge in [-0.3, -0.25) is 0 Å². The molecule has 0 amide bonds. The fraction of sp³-hybridized carbons (Fsp3) is 0. The van der Waals surface area contributed by atoms with Crippen molar-refractivity contribution in [2.45, 2.75) is 0 Å². The molecule has 2 nitrogen and oxygen atoms in total. The van der Waals surface area contributed by atoms with Crippen LogP contribution in [0.5, 0.6) is 0 Å². The lowest BCUT2D eigenvalue weighted by molar-refractivity contribution is 0.669. The summed E-state index contributed by atoms with van der Waals surface area (Å²) in [7, 11) is 5.96. The van der Waals surface area contributed by atoms with Gasteiger partial charge in [0, 0.05) is 16.2 Å². The molecule has 124 valence electrons. The number of nitrogens with zero attached hydrogens (tertiary/aromatic N) is 1. The molecule has 4 aromatic carbocycles. The van der Waals surface area contributed by atoms with E-state index in [0.717, 1.165) is 27.6 Å². The number of furan rings is 1. The number of hydrogen-bond acceptors (Lipinski definition) is 1. The average molecular weight is 343 g/mol. The highest BCUT2D eigenvalue weighted by Gasteiger charge is 2.16. The largest absolute Gasteiger partial charge is 0.456 e. The summed E-state index contributed by atoms with van der Waals surface area (Å²) in [4.78, 5) is 0. The molecule has 2 heterocycles. The van der Waals surface area contributed by atoms with Crippen molar-refractivity contribution < 1.29 is 4.42 Å². The first-order chi connectivity index (χ1) is 13.3. The maximum atomic E-state index is 6.10. The van der Waals surface area contributed by atoms with E-state index < -0.39 is 0 Å². The molecule has 6 rings (SSSR count). The van der Waals surface area contributed by atoms with Crippen LogP contribution in [0.1, 0.15) is 0 Å². The molecule has 27 heavy (non-hydrogen) atoms. The van der Waals surface area contributed by atoms with Crippen LogP contribution >= 0.6 is 0 Å². The fourth-order valence-electron chi connectivity index (χ4n) is 4.19. The molecular weight excluding hydrogens is 329 g/mol. The van der Waals surface area contributed by atoms with Gasteiger partial charge in [0.1, 0.15) is 19.0 Å². The third kappa shape index (κ3) is 1.97. The van der Waals surface area contributed by atoms with Gasteiger partial charge < -0.3 is 8.98 Å². The zero-order valence-electron chi connectivity index (χ0n) is 14.5. The summed E-state index contributed by atoms with van der Waals surface area (Å²) in [5.74, 6) is 0. The molecule has 6 aromatic rings. The molecule has 3 heteroatoms. The first-order valence-corrected chi connectivity index (χ1v) is 9.00. The fourth-order valence-corrected chi connectivity index (χ4v) is 4.19. The zero-order valence-corrected chi connectivity index (χ0v) is 14.5. The smallest absolute Gasteiger partial charge is 0.137 e. The van der Waals surface area contributed by atoms with E-state index in [1.54, 1.807) is 0 Å². The number of rotatable bonds is 1. The zero-order chi connectivity index (χ0) is 18.0. The third-order valence-electron chi connectivity index (χ3n) is 5.32. The molecule has 0 saturated carbocycles. The summed E-state index contributed by atoms with van der Waals surface area (Å²) in [5, 5.41) is 4.69. The topological polar surface area (TPSA) is 18.1 Å². The molecule has 0 unspecified atom stereocenters. The first-order valence-electron chi connectivity index (χ1n) is 9.00. The van der Waals surface area contributed by atoms with Gasteiger partial charge in [0.25, 0.3) is 0 Å². The SMILES string of the molecule is [B]c1ccc2c(c1)oc1cccc(-n3c4ccccc4c4ccccc43)c12. The van der Waals surface area contributed by atoms with Gasteiger partial charge in [-0.25, -0.2) is 0 Å². The van der Waals surface area contributed by atoms with Crippen molar-refractivity contribution in [2.24, 2.45) is 0 Å².